The minimum absolute atomic E-state index is 0.0670. The van der Waals surface area contributed by atoms with Gasteiger partial charge in [0.25, 0.3) is 0 Å². The van der Waals surface area contributed by atoms with Gasteiger partial charge in [-0.2, -0.15) is 0 Å². The van der Waals surface area contributed by atoms with Gasteiger partial charge < -0.3 is 15.2 Å². The van der Waals surface area contributed by atoms with E-state index in [-0.39, 0.29) is 6.03 Å². The van der Waals surface area contributed by atoms with Crippen molar-refractivity contribution in [2.45, 2.75) is 19.5 Å². The maximum atomic E-state index is 12.5. The van der Waals surface area contributed by atoms with Gasteiger partial charge in [-0.05, 0) is 30.3 Å². The average molecular weight is 341 g/mol. The Bertz CT molecular complexity index is 891. The van der Waals surface area contributed by atoms with E-state index in [1.165, 1.54) is 5.69 Å². The molecular formula is C18H17ClN4O. The highest BCUT2D eigenvalue weighted by Gasteiger charge is 2.24. The van der Waals surface area contributed by atoms with Crippen molar-refractivity contribution in [1.29, 1.82) is 0 Å². The first kappa shape index (κ1) is 15.0. The maximum absolute atomic E-state index is 12.5. The summed E-state index contributed by atoms with van der Waals surface area (Å²) in [5, 5.41) is 4.75. The van der Waals surface area contributed by atoms with Crippen LogP contribution in [-0.2, 0) is 19.5 Å². The van der Waals surface area contributed by atoms with Crippen LogP contribution >= 0.6 is 11.6 Å². The minimum atomic E-state index is -0.0670. The summed E-state index contributed by atoms with van der Waals surface area (Å²) in [6, 6.07) is 11.4. The number of rotatable bonds is 2. The summed E-state index contributed by atoms with van der Waals surface area (Å²) >= 11 is 6.12. The molecule has 5 nitrogen and oxygen atoms in total. The summed E-state index contributed by atoms with van der Waals surface area (Å²) in [7, 11) is 0. The van der Waals surface area contributed by atoms with Crippen molar-refractivity contribution < 1.29 is 4.79 Å². The molecule has 0 spiro atoms. The lowest BCUT2D eigenvalue weighted by Gasteiger charge is -2.27. The predicted molar refractivity (Wildman–Crippen MR) is 93.9 cm³/mol. The smallest absolute Gasteiger partial charge is 0.318 e. The van der Waals surface area contributed by atoms with E-state index in [0.717, 1.165) is 28.6 Å². The van der Waals surface area contributed by atoms with Gasteiger partial charge in [0.1, 0.15) is 0 Å². The average Bonchev–Trinajstić information content (AvgIpc) is 2.97. The molecule has 0 aliphatic carbocycles. The van der Waals surface area contributed by atoms with E-state index in [4.69, 9.17) is 11.6 Å². The predicted octanol–water partition coefficient (Wildman–Crippen LogP) is 3.48. The number of benzene rings is 1. The lowest BCUT2D eigenvalue weighted by molar-refractivity contribution is 0.192. The molecule has 2 amide bonds. The van der Waals surface area contributed by atoms with E-state index < -0.39 is 0 Å². The molecular weight excluding hydrogens is 324 g/mol. The number of aromatic amines is 1. The van der Waals surface area contributed by atoms with Gasteiger partial charge in [0.15, 0.2) is 0 Å². The second kappa shape index (κ2) is 6.17. The van der Waals surface area contributed by atoms with E-state index in [0.29, 0.717) is 24.7 Å². The molecule has 2 N–H and O–H groups in total. The molecule has 1 aliphatic rings. The normalized spacial score (nSPS) is 13.8. The van der Waals surface area contributed by atoms with Gasteiger partial charge in [-0.3, -0.25) is 4.98 Å². The Kier molecular flexibility index (Phi) is 3.86. The van der Waals surface area contributed by atoms with Crippen LogP contribution in [0.2, 0.25) is 5.02 Å². The number of hydrogen-bond acceptors (Lipinski definition) is 2. The molecule has 4 rings (SSSR count). The van der Waals surface area contributed by atoms with Gasteiger partial charge in [0.05, 0.1) is 12.2 Å². The van der Waals surface area contributed by atoms with Crippen LogP contribution in [0.1, 0.15) is 17.0 Å². The molecule has 0 radical (unpaired) electrons. The molecule has 0 saturated heterocycles. The van der Waals surface area contributed by atoms with Crippen LogP contribution in [0, 0.1) is 0 Å². The molecule has 0 unspecified atom stereocenters. The van der Waals surface area contributed by atoms with Gasteiger partial charge in [0.2, 0.25) is 0 Å². The van der Waals surface area contributed by atoms with Gasteiger partial charge in [0, 0.05) is 52.9 Å². The van der Waals surface area contributed by atoms with Crippen molar-refractivity contribution >= 4 is 28.5 Å². The van der Waals surface area contributed by atoms with Gasteiger partial charge in [-0.1, -0.05) is 17.7 Å². The van der Waals surface area contributed by atoms with Crippen LogP contribution < -0.4 is 5.32 Å². The monoisotopic (exact) mass is 340 g/mol. The van der Waals surface area contributed by atoms with Crippen molar-refractivity contribution in [2.24, 2.45) is 0 Å². The van der Waals surface area contributed by atoms with Crippen molar-refractivity contribution in [1.82, 2.24) is 20.2 Å². The van der Waals surface area contributed by atoms with Crippen LogP contribution in [0.25, 0.3) is 10.9 Å². The number of halogens is 1. The second-order valence-electron chi connectivity index (χ2n) is 5.92. The van der Waals surface area contributed by atoms with Gasteiger partial charge in [-0.25, -0.2) is 4.79 Å². The Labute approximate surface area is 144 Å². The minimum Gasteiger partial charge on any atom is -0.358 e. The molecule has 0 atom stereocenters. The van der Waals surface area contributed by atoms with E-state index in [1.54, 1.807) is 6.20 Å². The fourth-order valence-corrected chi connectivity index (χ4v) is 3.31. The van der Waals surface area contributed by atoms with E-state index in [9.17, 15) is 4.79 Å². The number of hydrogen-bond donors (Lipinski definition) is 2. The number of carbonyl (C=O) groups excluding carboxylic acids is 1. The van der Waals surface area contributed by atoms with Crippen LogP contribution in [0.4, 0.5) is 4.79 Å². The molecule has 3 heterocycles. The standard InChI is InChI=1S/C18H17ClN4O/c19-12-4-5-16-14(9-12)15-11-23(8-6-17(15)22-16)18(24)21-10-13-3-1-2-7-20-13/h1-5,7,9,22H,6,8,10-11H2,(H,21,24). The third kappa shape index (κ3) is 2.83. The largest absolute Gasteiger partial charge is 0.358 e. The molecule has 24 heavy (non-hydrogen) atoms. The van der Waals surface area contributed by atoms with E-state index >= 15 is 0 Å². The quantitative estimate of drug-likeness (QED) is 0.750. The highest BCUT2D eigenvalue weighted by atomic mass is 35.5. The van der Waals surface area contributed by atoms with Crippen molar-refractivity contribution in [3.8, 4) is 0 Å². The maximum Gasteiger partial charge on any atom is 0.318 e. The summed E-state index contributed by atoms with van der Waals surface area (Å²) < 4.78 is 0. The number of nitrogens with one attached hydrogen (secondary N) is 2. The lowest BCUT2D eigenvalue weighted by atomic mass is 10.0. The number of H-pyrrole nitrogens is 1. The number of urea groups is 1. The van der Waals surface area contributed by atoms with Crippen LogP contribution in [0.3, 0.4) is 0 Å². The summed E-state index contributed by atoms with van der Waals surface area (Å²) in [6.07, 6.45) is 2.54. The topological polar surface area (TPSA) is 61.0 Å². The molecule has 2 aromatic heterocycles. The highest BCUT2D eigenvalue weighted by Crippen LogP contribution is 2.29. The Hall–Kier alpha value is -2.53. The number of fused-ring (bicyclic) bond motifs is 3. The first-order valence-electron chi connectivity index (χ1n) is 7.92. The Morgan fingerprint density at radius 1 is 1.33 bits per heavy atom. The number of aromatic nitrogens is 2. The zero-order valence-electron chi connectivity index (χ0n) is 13.1. The molecule has 6 heteroatoms. The Morgan fingerprint density at radius 3 is 3.08 bits per heavy atom. The summed E-state index contributed by atoms with van der Waals surface area (Å²) in [4.78, 5) is 21.9. The van der Waals surface area contributed by atoms with Crippen LogP contribution in [-0.4, -0.2) is 27.4 Å². The fourth-order valence-electron chi connectivity index (χ4n) is 3.14. The van der Waals surface area contributed by atoms with E-state index in [2.05, 4.69) is 15.3 Å². The molecule has 0 saturated carbocycles. The zero-order valence-corrected chi connectivity index (χ0v) is 13.8. The number of nitrogens with zero attached hydrogens (tertiary/aromatic N) is 2. The first-order valence-corrected chi connectivity index (χ1v) is 8.30. The fraction of sp³-hybridized carbons (Fsp3) is 0.222. The SMILES string of the molecule is O=C(NCc1ccccn1)N1CCc2[nH]c3ccc(Cl)cc3c2C1. The Morgan fingerprint density at radius 2 is 2.25 bits per heavy atom. The third-order valence-electron chi connectivity index (χ3n) is 4.37. The summed E-state index contributed by atoms with van der Waals surface area (Å²) in [6.45, 7) is 1.72. The summed E-state index contributed by atoms with van der Waals surface area (Å²) in [5.74, 6) is 0. The van der Waals surface area contributed by atoms with Crippen molar-refractivity contribution in [2.75, 3.05) is 6.54 Å². The lowest BCUT2D eigenvalue weighted by Crippen LogP contribution is -2.42. The Balaban J connectivity index is 1.50. The van der Waals surface area contributed by atoms with Crippen molar-refractivity contribution in [3.05, 3.63) is 64.6 Å². The number of pyridine rings is 1. The molecule has 122 valence electrons. The molecule has 0 fully saturated rings. The molecule has 3 aromatic rings. The van der Waals surface area contributed by atoms with Crippen molar-refractivity contribution in [3.63, 3.8) is 0 Å². The van der Waals surface area contributed by atoms with Crippen LogP contribution in [0.5, 0.6) is 0 Å². The first-order chi connectivity index (χ1) is 11.7. The second-order valence-corrected chi connectivity index (χ2v) is 6.36. The molecule has 1 aliphatic heterocycles. The van der Waals surface area contributed by atoms with Gasteiger partial charge in [-0.15, -0.1) is 0 Å². The third-order valence-corrected chi connectivity index (χ3v) is 4.61. The number of carbonyl (C=O) groups is 1. The zero-order chi connectivity index (χ0) is 16.5. The summed E-state index contributed by atoms with van der Waals surface area (Å²) in [5.41, 5.74) is 4.27. The molecule has 0 bridgehead atoms. The number of amides is 2. The highest BCUT2D eigenvalue weighted by molar-refractivity contribution is 6.31. The van der Waals surface area contributed by atoms with E-state index in [1.807, 2.05) is 41.3 Å². The molecule has 1 aromatic carbocycles. The van der Waals surface area contributed by atoms with Gasteiger partial charge >= 0.3 is 6.03 Å². The van der Waals surface area contributed by atoms with Crippen LogP contribution in [0.15, 0.2) is 42.6 Å².